The summed E-state index contributed by atoms with van der Waals surface area (Å²) in [6.45, 7) is 15.1. The fourth-order valence-electron chi connectivity index (χ4n) is 8.40. The van der Waals surface area contributed by atoms with Crippen molar-refractivity contribution >= 4 is 50.1 Å². The topological polar surface area (TPSA) is 172 Å². The van der Waals surface area contributed by atoms with Crippen LogP contribution in [0.15, 0.2) is 48.0 Å². The number of allylic oxidation sites excluding steroid dienone is 1. The molecule has 3 aromatic rings. The molecule has 2 aliphatic carbocycles. The van der Waals surface area contributed by atoms with E-state index in [-0.39, 0.29) is 42.4 Å². The Hall–Kier alpha value is -4.70. The summed E-state index contributed by atoms with van der Waals surface area (Å²) in [6.07, 6.45) is 8.88. The highest BCUT2D eigenvalue weighted by molar-refractivity contribution is 7.90. The summed E-state index contributed by atoms with van der Waals surface area (Å²) in [5.41, 5.74) is 2.27. The third-order valence-corrected chi connectivity index (χ3v) is 15.1. The van der Waals surface area contributed by atoms with E-state index in [4.69, 9.17) is 19.4 Å². The summed E-state index contributed by atoms with van der Waals surface area (Å²) in [6, 6.07) is 3.44. The number of hydrogen-bond donors (Lipinski definition) is 3. The molecule has 2 saturated carbocycles. The third-order valence-electron chi connectivity index (χ3n) is 12.3. The van der Waals surface area contributed by atoms with Gasteiger partial charge in [0, 0.05) is 53.5 Å². The molecule has 0 radical (unpaired) electrons. The average Bonchev–Trinajstić information content (AvgIpc) is 4.09. The van der Waals surface area contributed by atoms with Crippen LogP contribution in [-0.4, -0.2) is 102 Å². The Morgan fingerprint density at radius 2 is 1.88 bits per heavy atom. The first-order chi connectivity index (χ1) is 28.7. The molecule has 2 aromatic heterocycles. The molecule has 7 rings (SSSR count). The molecule has 2 aliphatic heterocycles. The Morgan fingerprint density at radius 1 is 1.12 bits per heavy atom. The van der Waals surface area contributed by atoms with Crippen molar-refractivity contribution in [3.63, 3.8) is 0 Å². The van der Waals surface area contributed by atoms with Crippen LogP contribution in [-0.2, 0) is 19.6 Å². The lowest BCUT2D eigenvalue weighted by Crippen LogP contribution is -2.57. The van der Waals surface area contributed by atoms with Crippen LogP contribution in [0, 0.1) is 12.8 Å². The number of amides is 4. The summed E-state index contributed by atoms with van der Waals surface area (Å²) >= 11 is 1.51. The first-order valence-corrected chi connectivity index (χ1v) is 23.8. The van der Waals surface area contributed by atoms with Gasteiger partial charge in [-0.05, 0) is 77.3 Å². The Morgan fingerprint density at radius 3 is 2.57 bits per heavy atom. The molecule has 3 fully saturated rings. The highest BCUT2D eigenvalue weighted by Gasteiger charge is 2.59. The van der Waals surface area contributed by atoms with E-state index < -0.39 is 44.9 Å². The van der Waals surface area contributed by atoms with Gasteiger partial charge in [0.25, 0.3) is 0 Å². The van der Waals surface area contributed by atoms with E-state index in [0.717, 1.165) is 40.9 Å². The average molecular weight is 862 g/mol. The number of urea groups is 1. The predicted molar refractivity (Wildman–Crippen MR) is 233 cm³/mol. The Labute approximate surface area is 357 Å². The van der Waals surface area contributed by atoms with Crippen LogP contribution < -0.4 is 24.8 Å². The molecule has 324 valence electrons. The first-order valence-electron chi connectivity index (χ1n) is 21.4. The minimum atomic E-state index is -3.65. The Kier molecular flexibility index (Phi) is 12.8. The molecule has 1 aromatic carbocycles. The molecule has 4 amide bonds. The number of hydrogen-bond acceptors (Lipinski definition) is 10. The molecule has 60 heavy (non-hydrogen) atoms. The maximum atomic E-state index is 14.8. The fraction of sp³-hybridized carbons (Fsp3) is 0.568. The van der Waals surface area contributed by atoms with Crippen molar-refractivity contribution in [1.82, 2.24) is 35.1 Å². The number of ether oxygens (including phenoxy) is 2. The number of pyridine rings is 1. The summed E-state index contributed by atoms with van der Waals surface area (Å²) in [5, 5.41) is 9.24. The van der Waals surface area contributed by atoms with Crippen molar-refractivity contribution in [2.24, 2.45) is 5.92 Å². The van der Waals surface area contributed by atoms with E-state index in [1.807, 2.05) is 50.4 Å². The zero-order valence-corrected chi connectivity index (χ0v) is 37.2. The van der Waals surface area contributed by atoms with E-state index >= 15 is 0 Å². The van der Waals surface area contributed by atoms with Gasteiger partial charge in [0.2, 0.25) is 21.8 Å². The van der Waals surface area contributed by atoms with Crippen LogP contribution in [0.5, 0.6) is 11.5 Å². The summed E-state index contributed by atoms with van der Waals surface area (Å²) in [7, 11) is -2.04. The monoisotopic (exact) mass is 861 g/mol. The van der Waals surface area contributed by atoms with Crippen molar-refractivity contribution < 1.29 is 32.3 Å². The van der Waals surface area contributed by atoms with Crippen LogP contribution in [0.2, 0.25) is 0 Å². The second-order valence-electron chi connectivity index (χ2n) is 16.8. The van der Waals surface area contributed by atoms with E-state index in [1.54, 1.807) is 16.9 Å². The normalized spacial score (nSPS) is 24.8. The van der Waals surface area contributed by atoms with Gasteiger partial charge in [-0.3, -0.25) is 14.3 Å². The van der Waals surface area contributed by atoms with Gasteiger partial charge in [0.15, 0.2) is 0 Å². The second-order valence-corrected chi connectivity index (χ2v) is 19.7. The van der Waals surface area contributed by atoms with Crippen LogP contribution in [0.4, 0.5) is 4.79 Å². The SMILES string of the molecule is C=C(NS(=O)(=O)C1CC1)C12CC1C=CCCCCCC(NC(=O)N(CC)CC)C(=O)N1CC(Oc3cc(-c4nc(C(C)C)cs4)nc4c(C)c(OC)ccc34)CC1C(=O)N2. The number of thiazole rings is 1. The van der Waals surface area contributed by atoms with Crippen LogP contribution in [0.1, 0.15) is 103 Å². The molecule has 5 atom stereocenters. The minimum Gasteiger partial charge on any atom is -0.496 e. The van der Waals surface area contributed by atoms with Gasteiger partial charge in [0.05, 0.1) is 35.7 Å². The zero-order chi connectivity index (χ0) is 42.9. The van der Waals surface area contributed by atoms with Crippen molar-refractivity contribution in [3.8, 4) is 22.2 Å². The second kappa shape index (κ2) is 17.7. The van der Waals surface area contributed by atoms with Crippen molar-refractivity contribution in [1.29, 1.82) is 0 Å². The molecule has 14 nitrogen and oxygen atoms in total. The number of rotatable bonds is 12. The van der Waals surface area contributed by atoms with Gasteiger partial charge in [-0.2, -0.15) is 0 Å². The molecule has 3 N–H and O–H groups in total. The third kappa shape index (κ3) is 9.00. The van der Waals surface area contributed by atoms with Crippen molar-refractivity contribution in [3.05, 3.63) is 59.3 Å². The summed E-state index contributed by atoms with van der Waals surface area (Å²) in [5.74, 6) is 0.456. The number of carbonyl (C=O) groups is 3. The molecule has 16 heteroatoms. The van der Waals surface area contributed by atoms with Crippen LogP contribution in [0.25, 0.3) is 21.6 Å². The van der Waals surface area contributed by atoms with Gasteiger partial charge in [0.1, 0.15) is 40.4 Å². The van der Waals surface area contributed by atoms with E-state index in [2.05, 4.69) is 41.9 Å². The van der Waals surface area contributed by atoms with Gasteiger partial charge in [-0.1, -0.05) is 45.4 Å². The minimum absolute atomic E-state index is 0.0726. The number of benzene rings is 1. The molecular formula is C44H59N7O7S2. The number of fused-ring (bicyclic) bond motifs is 3. The number of nitrogens with one attached hydrogen (secondary N) is 3. The largest absolute Gasteiger partial charge is 0.496 e. The maximum absolute atomic E-state index is 14.8. The molecule has 1 saturated heterocycles. The summed E-state index contributed by atoms with van der Waals surface area (Å²) in [4.78, 5) is 56.2. The summed E-state index contributed by atoms with van der Waals surface area (Å²) < 4.78 is 41.5. The number of sulfonamides is 1. The number of carbonyl (C=O) groups excluding carboxylic acids is 3. The van der Waals surface area contributed by atoms with Gasteiger partial charge in [-0.15, -0.1) is 11.3 Å². The van der Waals surface area contributed by atoms with Gasteiger partial charge in [-0.25, -0.2) is 23.2 Å². The highest BCUT2D eigenvalue weighted by atomic mass is 32.2. The zero-order valence-electron chi connectivity index (χ0n) is 35.6. The van der Waals surface area contributed by atoms with Crippen LogP contribution in [0.3, 0.4) is 0 Å². The highest BCUT2D eigenvalue weighted by Crippen LogP contribution is 2.50. The van der Waals surface area contributed by atoms with Gasteiger partial charge >= 0.3 is 6.03 Å². The van der Waals surface area contributed by atoms with E-state index in [1.165, 1.54) is 11.3 Å². The smallest absolute Gasteiger partial charge is 0.318 e. The Balaban J connectivity index is 1.25. The maximum Gasteiger partial charge on any atom is 0.318 e. The van der Waals surface area contributed by atoms with E-state index in [9.17, 15) is 22.8 Å². The number of aryl methyl sites for hydroxylation is 1. The molecular weight excluding hydrogens is 803 g/mol. The standard InChI is InChI=1S/C44H59N7O7S2/c1-8-50(9-2)43(54)47-33-16-14-12-10-11-13-15-29-23-44(29,28(6)49-60(55,56)31-17-18-31)48-40(52)36-21-30(24-51(36)42(33)53)58-38-22-34(41-46-35(25-59-41)26(3)4)45-39-27(5)37(57-7)20-19-32(38)39/h13,15,19-20,22,25-26,29-31,33,36,49H,6,8-12,14,16-18,21,23-24H2,1-5,7H3,(H,47,54)(H,48,52). The number of methoxy groups -OCH3 is 1. The lowest BCUT2D eigenvalue weighted by Gasteiger charge is -2.31. The molecule has 4 aliphatic rings. The predicted octanol–water partition coefficient (Wildman–Crippen LogP) is 6.56. The number of aromatic nitrogens is 2. The van der Waals surface area contributed by atoms with Crippen LogP contribution >= 0.6 is 11.3 Å². The molecule has 0 bridgehead atoms. The molecule has 4 heterocycles. The number of nitrogens with zero attached hydrogens (tertiary/aromatic N) is 4. The van der Waals surface area contributed by atoms with Crippen molar-refractivity contribution in [2.75, 3.05) is 26.7 Å². The molecule has 5 unspecified atom stereocenters. The fourth-order valence-corrected chi connectivity index (χ4v) is 10.8. The van der Waals surface area contributed by atoms with E-state index in [0.29, 0.717) is 67.9 Å². The first kappa shape index (κ1) is 43.4. The van der Waals surface area contributed by atoms with Crippen molar-refractivity contribution in [2.45, 2.75) is 127 Å². The van der Waals surface area contributed by atoms with Gasteiger partial charge < -0.3 is 29.9 Å². The Bertz CT molecular complexity index is 2270. The quantitative estimate of drug-likeness (QED) is 0.171. The lowest BCUT2D eigenvalue weighted by atomic mass is 10.0. The molecule has 0 spiro atoms. The lowest BCUT2D eigenvalue weighted by molar-refractivity contribution is -0.140.